The molecule has 5 nitrogen and oxygen atoms in total. The van der Waals surface area contributed by atoms with E-state index in [2.05, 4.69) is 142 Å². The fraction of sp³-hybridized carbons (Fsp3) is 0. The molecule has 0 aliphatic heterocycles. The summed E-state index contributed by atoms with van der Waals surface area (Å²) in [6, 6.07) is 60.5. The lowest BCUT2D eigenvalue weighted by Crippen LogP contribution is -1.96. The first kappa shape index (κ1) is 29.0. The van der Waals surface area contributed by atoms with Crippen molar-refractivity contribution in [1.82, 2.24) is 18.9 Å². The Balaban J connectivity index is 1.12. The highest BCUT2D eigenvalue weighted by molar-refractivity contribution is 6.37. The number of hydrogen-bond donors (Lipinski definition) is 0. The van der Waals surface area contributed by atoms with Crippen LogP contribution in [0.5, 0.6) is 0 Å². The number of furan rings is 1. The molecule has 0 saturated heterocycles. The Labute approximate surface area is 313 Å². The van der Waals surface area contributed by atoms with Gasteiger partial charge in [0.2, 0.25) is 0 Å². The highest BCUT2D eigenvalue weighted by Gasteiger charge is 2.25. The lowest BCUT2D eigenvalue weighted by Gasteiger charge is -2.11. The molecule has 0 spiro atoms. The summed E-state index contributed by atoms with van der Waals surface area (Å²) in [5.41, 5.74) is 12.2. The Morgan fingerprint density at radius 2 is 1.11 bits per heavy atom. The number of rotatable bonds is 3. The Morgan fingerprint density at radius 1 is 0.436 bits per heavy atom. The van der Waals surface area contributed by atoms with Crippen LogP contribution in [0.25, 0.3) is 121 Å². The molecule has 0 bridgehead atoms. The number of aromatic nitrogens is 4. The topological polar surface area (TPSA) is 48.3 Å². The first-order valence-electron chi connectivity index (χ1n) is 18.7. The standard InChI is InChI=1S/C50H28N4O/c1-2-13-31(14-3-1)50-51-45(49-46(52-50)36-18-8-11-21-42(36)55-49)30-22-25-32(26-23-30)53-39-19-9-6-16-34(39)37-28-38-35-17-7-10-20-40(35)54-41-27-24-29-12-4-5-15-33(29)43(41)44(47(37)53)48(38)54/h1-28H. The quantitative estimate of drug-likeness (QED) is 0.184. The van der Waals surface area contributed by atoms with Crippen LogP contribution in [0.1, 0.15) is 0 Å². The van der Waals surface area contributed by atoms with Crippen molar-refractivity contribution >= 4 is 92.7 Å². The van der Waals surface area contributed by atoms with Gasteiger partial charge in [0.1, 0.15) is 16.8 Å². The molecule has 5 heteroatoms. The van der Waals surface area contributed by atoms with Crippen LogP contribution in [0, 0.1) is 0 Å². The number of para-hydroxylation sites is 3. The monoisotopic (exact) mass is 700 g/mol. The molecule has 13 aromatic rings. The smallest absolute Gasteiger partial charge is 0.180 e. The van der Waals surface area contributed by atoms with Gasteiger partial charge in [-0.2, -0.15) is 0 Å². The highest BCUT2D eigenvalue weighted by Crippen LogP contribution is 2.48. The molecule has 0 aliphatic carbocycles. The molecular formula is C50H28N4O. The van der Waals surface area contributed by atoms with Gasteiger partial charge in [-0.05, 0) is 59.3 Å². The number of nitrogens with zero attached hydrogens (tertiary/aromatic N) is 4. The molecule has 13 rings (SSSR count). The fourth-order valence-electron chi connectivity index (χ4n) is 9.31. The molecule has 254 valence electrons. The molecule has 8 aromatic carbocycles. The molecule has 0 N–H and O–H groups in total. The van der Waals surface area contributed by atoms with E-state index in [1.54, 1.807) is 0 Å². The van der Waals surface area contributed by atoms with Crippen LogP contribution in [0.3, 0.4) is 0 Å². The second-order valence-electron chi connectivity index (χ2n) is 14.5. The van der Waals surface area contributed by atoms with Crippen molar-refractivity contribution in [2.24, 2.45) is 0 Å². The van der Waals surface area contributed by atoms with Gasteiger partial charge in [-0.1, -0.05) is 121 Å². The zero-order chi connectivity index (χ0) is 35.8. The lowest BCUT2D eigenvalue weighted by atomic mass is 9.99. The number of fused-ring (bicyclic) bond motifs is 15. The zero-order valence-electron chi connectivity index (χ0n) is 29.4. The Hall–Kier alpha value is -7.50. The van der Waals surface area contributed by atoms with Crippen molar-refractivity contribution in [3.05, 3.63) is 170 Å². The van der Waals surface area contributed by atoms with Gasteiger partial charge in [0.05, 0.1) is 27.6 Å². The average molecular weight is 701 g/mol. The van der Waals surface area contributed by atoms with Gasteiger partial charge < -0.3 is 13.4 Å². The van der Waals surface area contributed by atoms with Crippen LogP contribution in [0.15, 0.2) is 174 Å². The molecule has 0 atom stereocenters. The van der Waals surface area contributed by atoms with Crippen molar-refractivity contribution in [3.63, 3.8) is 0 Å². The van der Waals surface area contributed by atoms with Crippen molar-refractivity contribution in [2.75, 3.05) is 0 Å². The first-order valence-corrected chi connectivity index (χ1v) is 18.7. The summed E-state index contributed by atoms with van der Waals surface area (Å²) < 4.78 is 11.4. The first-order chi connectivity index (χ1) is 27.3. The van der Waals surface area contributed by atoms with Gasteiger partial charge in [0.15, 0.2) is 11.4 Å². The molecule has 0 fully saturated rings. The van der Waals surface area contributed by atoms with Gasteiger partial charge in [-0.25, -0.2) is 9.97 Å². The van der Waals surface area contributed by atoms with E-state index in [9.17, 15) is 0 Å². The Morgan fingerprint density at radius 3 is 1.95 bits per heavy atom. The third-order valence-corrected chi connectivity index (χ3v) is 11.6. The van der Waals surface area contributed by atoms with E-state index in [0.29, 0.717) is 11.4 Å². The average Bonchev–Trinajstić information content (AvgIpc) is 3.99. The summed E-state index contributed by atoms with van der Waals surface area (Å²) >= 11 is 0. The summed E-state index contributed by atoms with van der Waals surface area (Å²) in [4.78, 5) is 10.2. The van der Waals surface area contributed by atoms with Crippen molar-refractivity contribution < 1.29 is 4.42 Å². The van der Waals surface area contributed by atoms with Gasteiger partial charge in [0, 0.05) is 54.5 Å². The van der Waals surface area contributed by atoms with Gasteiger partial charge >= 0.3 is 0 Å². The summed E-state index contributed by atoms with van der Waals surface area (Å²) in [5.74, 6) is 0.675. The molecule has 0 radical (unpaired) electrons. The van der Waals surface area contributed by atoms with E-state index >= 15 is 0 Å². The van der Waals surface area contributed by atoms with Crippen LogP contribution >= 0.6 is 0 Å². The van der Waals surface area contributed by atoms with E-state index in [0.717, 1.165) is 39.0 Å². The molecule has 5 heterocycles. The molecule has 0 aliphatic rings. The molecule has 0 unspecified atom stereocenters. The molecule has 5 aromatic heterocycles. The third kappa shape index (κ3) is 3.81. The predicted octanol–water partition coefficient (Wildman–Crippen LogP) is 13.1. The number of hydrogen-bond acceptors (Lipinski definition) is 3. The maximum Gasteiger partial charge on any atom is 0.180 e. The normalized spacial score (nSPS) is 12.4. The summed E-state index contributed by atoms with van der Waals surface area (Å²) in [6.07, 6.45) is 0. The summed E-state index contributed by atoms with van der Waals surface area (Å²) in [6.45, 7) is 0. The van der Waals surface area contributed by atoms with Crippen LogP contribution in [0.4, 0.5) is 0 Å². The Kier molecular flexibility index (Phi) is 5.57. The second-order valence-corrected chi connectivity index (χ2v) is 14.5. The van der Waals surface area contributed by atoms with Crippen LogP contribution in [-0.4, -0.2) is 18.9 Å². The molecular weight excluding hydrogens is 673 g/mol. The Bertz CT molecular complexity index is 3700. The molecule has 55 heavy (non-hydrogen) atoms. The third-order valence-electron chi connectivity index (χ3n) is 11.6. The fourth-order valence-corrected chi connectivity index (χ4v) is 9.31. The lowest BCUT2D eigenvalue weighted by molar-refractivity contribution is 0.667. The van der Waals surface area contributed by atoms with Crippen LogP contribution in [-0.2, 0) is 0 Å². The van der Waals surface area contributed by atoms with Gasteiger partial charge in [-0.3, -0.25) is 0 Å². The second kappa shape index (κ2) is 10.6. The van der Waals surface area contributed by atoms with Gasteiger partial charge in [0.25, 0.3) is 0 Å². The molecule has 0 amide bonds. The van der Waals surface area contributed by atoms with Gasteiger partial charge in [-0.15, -0.1) is 0 Å². The SMILES string of the molecule is c1ccc(-c2nc(-c3ccc(-n4c5ccccc5c5cc6c7ccccc7n7c8ccc9ccccc9c8c(c54)c67)cc3)c3oc4ccccc4c3n2)cc1. The van der Waals surface area contributed by atoms with Crippen molar-refractivity contribution in [1.29, 1.82) is 0 Å². The van der Waals surface area contributed by atoms with Crippen molar-refractivity contribution in [3.8, 4) is 28.3 Å². The predicted molar refractivity (Wildman–Crippen MR) is 227 cm³/mol. The maximum atomic E-state index is 6.48. The minimum Gasteiger partial charge on any atom is -0.452 e. The van der Waals surface area contributed by atoms with E-state index in [1.165, 1.54) is 70.7 Å². The largest absolute Gasteiger partial charge is 0.452 e. The van der Waals surface area contributed by atoms with E-state index < -0.39 is 0 Å². The van der Waals surface area contributed by atoms with Crippen molar-refractivity contribution in [2.45, 2.75) is 0 Å². The van der Waals surface area contributed by atoms with Crippen LogP contribution < -0.4 is 0 Å². The summed E-state index contributed by atoms with van der Waals surface area (Å²) in [7, 11) is 0. The van der Waals surface area contributed by atoms with E-state index in [4.69, 9.17) is 14.4 Å². The van der Waals surface area contributed by atoms with E-state index in [-0.39, 0.29) is 0 Å². The highest BCUT2D eigenvalue weighted by atomic mass is 16.3. The molecule has 0 saturated carbocycles. The summed E-state index contributed by atoms with van der Waals surface area (Å²) in [5, 5.41) is 11.1. The van der Waals surface area contributed by atoms with E-state index in [1.807, 2.05) is 36.4 Å². The minimum atomic E-state index is 0.675. The maximum absolute atomic E-state index is 6.48. The number of benzene rings is 8. The zero-order valence-corrected chi connectivity index (χ0v) is 29.4. The van der Waals surface area contributed by atoms with Crippen LogP contribution in [0.2, 0.25) is 0 Å². The minimum absolute atomic E-state index is 0.675.